The molecule has 0 saturated heterocycles. The number of nitrogens with two attached hydrogens (primary N) is 1. The van der Waals surface area contributed by atoms with Crippen LogP contribution in [-0.2, 0) is 9.53 Å². The molecule has 0 saturated carbocycles. The maximum Gasteiger partial charge on any atom is 0.368 e. The van der Waals surface area contributed by atoms with Crippen LogP contribution in [0.25, 0.3) is 0 Å². The first kappa shape index (κ1) is 6.82. The Bertz CT molecular complexity index is 209. The fourth-order valence-electron chi connectivity index (χ4n) is 0.557. The highest BCUT2D eigenvalue weighted by Gasteiger charge is 2.32. The van der Waals surface area contributed by atoms with Crippen LogP contribution in [0.1, 0.15) is 0 Å². The molecule has 10 heavy (non-hydrogen) atoms. The molecular weight excluding hydrogens is 134 g/mol. The lowest BCUT2D eigenvalue weighted by Crippen LogP contribution is -2.48. The first-order valence-corrected chi connectivity index (χ1v) is 2.69. The van der Waals surface area contributed by atoms with Crippen LogP contribution in [-0.4, -0.2) is 16.8 Å². The molecule has 1 atom stereocenters. The van der Waals surface area contributed by atoms with Gasteiger partial charge in [0, 0.05) is 0 Å². The Kier molecular flexibility index (Phi) is 1.47. The Morgan fingerprint density at radius 2 is 2.30 bits per heavy atom. The first-order chi connectivity index (χ1) is 4.65. The third kappa shape index (κ3) is 1.01. The van der Waals surface area contributed by atoms with E-state index >= 15 is 0 Å². The fourth-order valence-corrected chi connectivity index (χ4v) is 0.557. The molecule has 0 aromatic heterocycles. The normalized spacial score (nSPS) is 29.7. The van der Waals surface area contributed by atoms with Gasteiger partial charge < -0.3 is 9.84 Å². The highest BCUT2D eigenvalue weighted by molar-refractivity contribution is 5.79. The zero-order chi connectivity index (χ0) is 7.61. The van der Waals surface area contributed by atoms with Gasteiger partial charge in [0.15, 0.2) is 0 Å². The molecule has 1 unspecified atom stereocenters. The molecule has 1 heterocycles. The molecule has 54 valence electrons. The molecule has 1 rings (SSSR count). The Morgan fingerprint density at radius 3 is 2.60 bits per heavy atom. The zero-order valence-corrected chi connectivity index (χ0v) is 5.15. The molecule has 0 aromatic rings. The van der Waals surface area contributed by atoms with Gasteiger partial charge in [0.05, 0.1) is 6.26 Å². The van der Waals surface area contributed by atoms with E-state index in [2.05, 4.69) is 4.74 Å². The Hall–Kier alpha value is -1.29. The topological polar surface area (TPSA) is 72.6 Å². The highest BCUT2D eigenvalue weighted by atomic mass is 16.5. The van der Waals surface area contributed by atoms with Crippen molar-refractivity contribution < 1.29 is 14.6 Å². The SMILES string of the molecule is NC1(C(=O)O)C=CC=CO1. The fraction of sp³-hybridized carbons (Fsp3) is 0.167. The summed E-state index contributed by atoms with van der Waals surface area (Å²) in [6, 6.07) is 0. The van der Waals surface area contributed by atoms with Crippen molar-refractivity contribution in [2.75, 3.05) is 0 Å². The Morgan fingerprint density at radius 1 is 1.60 bits per heavy atom. The lowest BCUT2D eigenvalue weighted by atomic mass is 10.2. The minimum absolute atomic E-state index is 1.20. The summed E-state index contributed by atoms with van der Waals surface area (Å²) in [5.74, 6) is -1.20. The molecule has 3 N–H and O–H groups in total. The summed E-state index contributed by atoms with van der Waals surface area (Å²) in [5, 5.41) is 8.46. The number of allylic oxidation sites excluding steroid dienone is 2. The van der Waals surface area contributed by atoms with Crippen LogP contribution < -0.4 is 5.73 Å². The number of ether oxygens (including phenoxy) is 1. The predicted molar refractivity (Wildman–Crippen MR) is 33.9 cm³/mol. The maximum absolute atomic E-state index is 10.3. The lowest BCUT2D eigenvalue weighted by molar-refractivity contribution is -0.153. The number of carbonyl (C=O) groups is 1. The van der Waals surface area contributed by atoms with E-state index in [9.17, 15) is 4.79 Å². The van der Waals surface area contributed by atoms with Crippen molar-refractivity contribution in [2.45, 2.75) is 5.72 Å². The molecule has 1 aliphatic rings. The summed E-state index contributed by atoms with van der Waals surface area (Å²) < 4.78 is 4.64. The zero-order valence-electron chi connectivity index (χ0n) is 5.15. The predicted octanol–water partition coefficient (Wildman–Crippen LogP) is -0.174. The second kappa shape index (κ2) is 2.15. The molecular formula is C6H7NO3. The van der Waals surface area contributed by atoms with Crippen molar-refractivity contribution in [3.8, 4) is 0 Å². The van der Waals surface area contributed by atoms with Crippen LogP contribution in [0.5, 0.6) is 0 Å². The van der Waals surface area contributed by atoms with Gasteiger partial charge in [-0.05, 0) is 12.2 Å². The summed E-state index contributed by atoms with van der Waals surface area (Å²) in [6.45, 7) is 0. The molecule has 0 aromatic carbocycles. The molecule has 0 spiro atoms. The number of carboxylic acid groups (broad SMARTS) is 1. The standard InChI is InChI=1S/C6H7NO3/c7-6(5(8)9)3-1-2-4-10-6/h1-4H,7H2,(H,8,9). The quantitative estimate of drug-likeness (QED) is 0.531. The smallest absolute Gasteiger partial charge is 0.368 e. The molecule has 0 radical (unpaired) electrons. The molecule has 4 nitrogen and oxygen atoms in total. The van der Waals surface area contributed by atoms with E-state index < -0.39 is 11.7 Å². The summed E-state index contributed by atoms with van der Waals surface area (Å²) in [6.07, 6.45) is 5.61. The van der Waals surface area contributed by atoms with Gasteiger partial charge in [0.1, 0.15) is 0 Å². The summed E-state index contributed by atoms with van der Waals surface area (Å²) in [5.41, 5.74) is 3.57. The molecule has 0 amide bonds. The van der Waals surface area contributed by atoms with E-state index in [1.165, 1.54) is 18.4 Å². The number of hydrogen-bond donors (Lipinski definition) is 2. The van der Waals surface area contributed by atoms with Crippen LogP contribution in [0.3, 0.4) is 0 Å². The average Bonchev–Trinajstić information content (AvgIpc) is 1.89. The molecule has 0 bridgehead atoms. The molecule has 1 aliphatic heterocycles. The molecule has 0 fully saturated rings. The van der Waals surface area contributed by atoms with Gasteiger partial charge in [-0.25, -0.2) is 4.79 Å². The van der Waals surface area contributed by atoms with Gasteiger partial charge in [-0.2, -0.15) is 0 Å². The Labute approximate surface area is 57.6 Å². The first-order valence-electron chi connectivity index (χ1n) is 2.69. The third-order valence-electron chi connectivity index (χ3n) is 1.13. The van der Waals surface area contributed by atoms with Crippen LogP contribution in [0, 0.1) is 0 Å². The highest BCUT2D eigenvalue weighted by Crippen LogP contribution is 2.10. The van der Waals surface area contributed by atoms with Gasteiger partial charge >= 0.3 is 5.97 Å². The van der Waals surface area contributed by atoms with Gasteiger partial charge in [-0.1, -0.05) is 6.08 Å². The summed E-state index contributed by atoms with van der Waals surface area (Å²) in [7, 11) is 0. The van der Waals surface area contributed by atoms with E-state index in [0.717, 1.165) is 0 Å². The third-order valence-corrected chi connectivity index (χ3v) is 1.13. The van der Waals surface area contributed by atoms with Crippen LogP contribution in [0.2, 0.25) is 0 Å². The largest absolute Gasteiger partial charge is 0.477 e. The second-order valence-corrected chi connectivity index (χ2v) is 1.90. The summed E-state index contributed by atoms with van der Waals surface area (Å²) in [4.78, 5) is 10.3. The monoisotopic (exact) mass is 141 g/mol. The second-order valence-electron chi connectivity index (χ2n) is 1.90. The van der Waals surface area contributed by atoms with Gasteiger partial charge in [0.2, 0.25) is 0 Å². The van der Waals surface area contributed by atoms with Crippen molar-refractivity contribution in [2.24, 2.45) is 5.73 Å². The minimum atomic E-state index is -1.67. The van der Waals surface area contributed by atoms with E-state index in [0.29, 0.717) is 0 Å². The molecule has 0 aliphatic carbocycles. The summed E-state index contributed by atoms with van der Waals surface area (Å²) >= 11 is 0. The minimum Gasteiger partial charge on any atom is -0.477 e. The Balaban J connectivity index is 2.80. The van der Waals surface area contributed by atoms with Crippen molar-refractivity contribution >= 4 is 5.97 Å². The van der Waals surface area contributed by atoms with E-state index in [1.807, 2.05) is 0 Å². The van der Waals surface area contributed by atoms with Crippen molar-refractivity contribution in [3.05, 3.63) is 24.5 Å². The number of rotatable bonds is 1. The van der Waals surface area contributed by atoms with Crippen molar-refractivity contribution in [1.29, 1.82) is 0 Å². The van der Waals surface area contributed by atoms with Gasteiger partial charge in [0.25, 0.3) is 5.72 Å². The van der Waals surface area contributed by atoms with Gasteiger partial charge in [-0.15, -0.1) is 0 Å². The van der Waals surface area contributed by atoms with Crippen molar-refractivity contribution in [3.63, 3.8) is 0 Å². The van der Waals surface area contributed by atoms with Crippen LogP contribution >= 0.6 is 0 Å². The number of aliphatic carboxylic acids is 1. The molecule has 4 heteroatoms. The number of hydrogen-bond acceptors (Lipinski definition) is 3. The maximum atomic E-state index is 10.3. The van der Waals surface area contributed by atoms with Crippen molar-refractivity contribution in [1.82, 2.24) is 0 Å². The van der Waals surface area contributed by atoms with Crippen LogP contribution in [0.15, 0.2) is 24.5 Å². The van der Waals surface area contributed by atoms with E-state index in [1.54, 1.807) is 6.08 Å². The average molecular weight is 141 g/mol. The van der Waals surface area contributed by atoms with Crippen LogP contribution in [0.4, 0.5) is 0 Å². The van der Waals surface area contributed by atoms with E-state index in [-0.39, 0.29) is 0 Å². The van der Waals surface area contributed by atoms with Gasteiger partial charge in [-0.3, -0.25) is 5.73 Å². The number of carboxylic acids is 1. The van der Waals surface area contributed by atoms with E-state index in [4.69, 9.17) is 10.8 Å². The lowest BCUT2D eigenvalue weighted by Gasteiger charge is -2.21.